The van der Waals surface area contributed by atoms with Crippen molar-refractivity contribution in [2.75, 3.05) is 26.7 Å². The standard InChI is InChI=1S/C25H29N5O3/c1-27(14-15-30-18-26-23-21(30)24(31)29(3)25(32)28(23)2)16-17-33-22(19-10-6-4-7-11-19)20-12-8-5-9-13-20/h4-13,18,22H,14-17H2,1-3H3. The van der Waals surface area contributed by atoms with Crippen LogP contribution in [-0.2, 0) is 25.4 Å². The quantitative estimate of drug-likeness (QED) is 0.393. The summed E-state index contributed by atoms with van der Waals surface area (Å²) in [4.78, 5) is 31.1. The lowest BCUT2D eigenvalue weighted by molar-refractivity contribution is 0.0642. The molecule has 2 aromatic heterocycles. The third-order valence-electron chi connectivity index (χ3n) is 5.90. The summed E-state index contributed by atoms with van der Waals surface area (Å²) in [5.74, 6) is 0. The SMILES string of the molecule is CN(CCOC(c1ccccc1)c1ccccc1)CCn1cnc2c1c(=O)n(C)c(=O)n2C. The van der Waals surface area contributed by atoms with Crippen LogP contribution in [0.1, 0.15) is 17.2 Å². The third-order valence-corrected chi connectivity index (χ3v) is 5.90. The molecule has 33 heavy (non-hydrogen) atoms. The maximum absolute atomic E-state index is 12.6. The summed E-state index contributed by atoms with van der Waals surface area (Å²) in [5, 5.41) is 0. The number of hydrogen-bond acceptors (Lipinski definition) is 5. The van der Waals surface area contributed by atoms with Gasteiger partial charge in [0.1, 0.15) is 6.10 Å². The van der Waals surface area contributed by atoms with Crippen molar-refractivity contribution in [2.45, 2.75) is 12.6 Å². The van der Waals surface area contributed by atoms with Crippen molar-refractivity contribution in [3.63, 3.8) is 0 Å². The zero-order valence-corrected chi connectivity index (χ0v) is 19.2. The van der Waals surface area contributed by atoms with E-state index in [9.17, 15) is 9.59 Å². The van der Waals surface area contributed by atoms with Crippen molar-refractivity contribution >= 4 is 11.2 Å². The average molecular weight is 448 g/mol. The summed E-state index contributed by atoms with van der Waals surface area (Å²) in [6.45, 7) is 2.59. The minimum atomic E-state index is -0.376. The fraction of sp³-hybridized carbons (Fsp3) is 0.320. The van der Waals surface area contributed by atoms with Crippen LogP contribution in [0, 0.1) is 0 Å². The van der Waals surface area contributed by atoms with Crippen LogP contribution in [0.4, 0.5) is 0 Å². The first-order valence-electron chi connectivity index (χ1n) is 11.0. The van der Waals surface area contributed by atoms with Gasteiger partial charge in [-0.1, -0.05) is 60.7 Å². The van der Waals surface area contributed by atoms with E-state index in [1.807, 2.05) is 48.0 Å². The van der Waals surface area contributed by atoms with Crippen LogP contribution in [0.25, 0.3) is 11.2 Å². The first-order valence-corrected chi connectivity index (χ1v) is 11.0. The van der Waals surface area contributed by atoms with Crippen molar-refractivity contribution in [1.82, 2.24) is 23.6 Å². The normalized spacial score (nSPS) is 11.7. The van der Waals surface area contributed by atoms with Crippen molar-refractivity contribution < 1.29 is 4.74 Å². The molecule has 4 rings (SSSR count). The monoisotopic (exact) mass is 447 g/mol. The van der Waals surface area contributed by atoms with E-state index < -0.39 is 0 Å². The average Bonchev–Trinajstić information content (AvgIpc) is 3.28. The van der Waals surface area contributed by atoms with Gasteiger partial charge in [0.25, 0.3) is 5.56 Å². The van der Waals surface area contributed by atoms with Gasteiger partial charge in [0.2, 0.25) is 0 Å². The lowest BCUT2D eigenvalue weighted by Crippen LogP contribution is -2.37. The number of aryl methyl sites for hydroxylation is 1. The van der Waals surface area contributed by atoms with Gasteiger partial charge in [-0.05, 0) is 18.2 Å². The van der Waals surface area contributed by atoms with Gasteiger partial charge in [-0.15, -0.1) is 0 Å². The second-order valence-corrected chi connectivity index (χ2v) is 8.19. The Labute approximate surface area is 192 Å². The summed E-state index contributed by atoms with van der Waals surface area (Å²) in [5.41, 5.74) is 2.39. The predicted molar refractivity (Wildman–Crippen MR) is 128 cm³/mol. The number of aromatic nitrogens is 4. The molecule has 0 unspecified atom stereocenters. The molecule has 0 saturated carbocycles. The molecule has 0 aliphatic carbocycles. The van der Waals surface area contributed by atoms with Gasteiger partial charge in [0.15, 0.2) is 11.2 Å². The number of hydrogen-bond donors (Lipinski definition) is 0. The molecule has 0 spiro atoms. The molecule has 4 aromatic rings. The summed E-state index contributed by atoms with van der Waals surface area (Å²) in [7, 11) is 5.14. The van der Waals surface area contributed by atoms with Gasteiger partial charge >= 0.3 is 5.69 Å². The smallest absolute Gasteiger partial charge is 0.332 e. The summed E-state index contributed by atoms with van der Waals surface area (Å²) in [6, 6.07) is 20.4. The number of benzene rings is 2. The highest BCUT2D eigenvalue weighted by Gasteiger charge is 2.16. The number of imidazole rings is 1. The molecular formula is C25H29N5O3. The van der Waals surface area contributed by atoms with Crippen LogP contribution in [0.3, 0.4) is 0 Å². The molecule has 0 N–H and O–H groups in total. The maximum atomic E-state index is 12.6. The van der Waals surface area contributed by atoms with Crippen molar-refractivity contribution in [3.8, 4) is 0 Å². The molecule has 0 amide bonds. The van der Waals surface area contributed by atoms with Crippen LogP contribution in [0.15, 0.2) is 76.6 Å². The summed E-state index contributed by atoms with van der Waals surface area (Å²) in [6.07, 6.45) is 1.50. The van der Waals surface area contributed by atoms with Crippen molar-refractivity contribution in [1.29, 1.82) is 0 Å². The molecule has 0 atom stereocenters. The molecule has 8 heteroatoms. The predicted octanol–water partition coefficient (Wildman–Crippen LogP) is 2.17. The van der Waals surface area contributed by atoms with Gasteiger partial charge in [0, 0.05) is 33.7 Å². The van der Waals surface area contributed by atoms with Crippen LogP contribution in [-0.4, -0.2) is 50.3 Å². The number of likely N-dealkylation sites (N-methyl/N-ethyl adjacent to an activating group) is 1. The fourth-order valence-corrected chi connectivity index (χ4v) is 3.92. The van der Waals surface area contributed by atoms with E-state index in [-0.39, 0.29) is 17.4 Å². The largest absolute Gasteiger partial charge is 0.367 e. The molecule has 2 heterocycles. The van der Waals surface area contributed by atoms with Gasteiger partial charge in [-0.2, -0.15) is 0 Å². The fourth-order valence-electron chi connectivity index (χ4n) is 3.92. The van der Waals surface area contributed by atoms with Crippen LogP contribution in [0.2, 0.25) is 0 Å². The topological polar surface area (TPSA) is 74.3 Å². The van der Waals surface area contributed by atoms with E-state index in [1.54, 1.807) is 13.4 Å². The van der Waals surface area contributed by atoms with Gasteiger partial charge in [0.05, 0.1) is 12.9 Å². The zero-order valence-electron chi connectivity index (χ0n) is 19.2. The van der Waals surface area contributed by atoms with Gasteiger partial charge < -0.3 is 14.2 Å². The van der Waals surface area contributed by atoms with Gasteiger partial charge in [-0.3, -0.25) is 13.9 Å². The number of fused-ring (bicyclic) bond motifs is 1. The Balaban J connectivity index is 1.39. The van der Waals surface area contributed by atoms with E-state index in [0.29, 0.717) is 30.9 Å². The molecule has 0 radical (unpaired) electrons. The van der Waals surface area contributed by atoms with E-state index in [1.165, 1.54) is 11.6 Å². The number of ether oxygens (including phenoxy) is 1. The minimum absolute atomic E-state index is 0.122. The number of rotatable bonds is 9. The first-order chi connectivity index (χ1) is 16.0. The lowest BCUT2D eigenvalue weighted by Gasteiger charge is -2.22. The lowest BCUT2D eigenvalue weighted by atomic mass is 10.0. The van der Waals surface area contributed by atoms with Crippen LogP contribution < -0.4 is 11.2 Å². The summed E-state index contributed by atoms with van der Waals surface area (Å²) < 4.78 is 10.6. The molecule has 172 valence electrons. The van der Waals surface area contributed by atoms with Gasteiger partial charge in [-0.25, -0.2) is 9.78 Å². The first kappa shape index (κ1) is 22.7. The molecule has 8 nitrogen and oxygen atoms in total. The molecule has 0 aliphatic heterocycles. The van der Waals surface area contributed by atoms with E-state index >= 15 is 0 Å². The Hall–Kier alpha value is -3.49. The molecule has 0 aliphatic rings. The highest BCUT2D eigenvalue weighted by molar-refractivity contribution is 5.69. The Morgan fingerprint density at radius 1 is 0.909 bits per heavy atom. The third kappa shape index (κ3) is 4.81. The van der Waals surface area contributed by atoms with E-state index in [2.05, 4.69) is 34.1 Å². The maximum Gasteiger partial charge on any atom is 0.332 e. The summed E-state index contributed by atoms with van der Waals surface area (Å²) >= 11 is 0. The number of nitrogens with zero attached hydrogens (tertiary/aromatic N) is 5. The molecule has 0 saturated heterocycles. The highest BCUT2D eigenvalue weighted by Crippen LogP contribution is 2.25. The second kappa shape index (κ2) is 9.97. The Kier molecular flexibility index (Phi) is 6.86. The van der Waals surface area contributed by atoms with E-state index in [0.717, 1.165) is 22.2 Å². The second-order valence-electron chi connectivity index (χ2n) is 8.19. The Morgan fingerprint density at radius 2 is 1.52 bits per heavy atom. The molecular weight excluding hydrogens is 418 g/mol. The molecule has 0 fully saturated rings. The van der Waals surface area contributed by atoms with Crippen molar-refractivity contribution in [3.05, 3.63) is 99.0 Å². The molecule has 0 bridgehead atoms. The molecule has 2 aromatic carbocycles. The van der Waals surface area contributed by atoms with Crippen LogP contribution in [0.5, 0.6) is 0 Å². The van der Waals surface area contributed by atoms with Crippen LogP contribution >= 0.6 is 0 Å². The van der Waals surface area contributed by atoms with E-state index in [4.69, 9.17) is 4.74 Å². The Bertz CT molecular complexity index is 1290. The zero-order chi connectivity index (χ0) is 23.4. The Morgan fingerprint density at radius 3 is 2.12 bits per heavy atom. The highest BCUT2D eigenvalue weighted by atomic mass is 16.5. The van der Waals surface area contributed by atoms with Crippen molar-refractivity contribution in [2.24, 2.45) is 14.1 Å². The minimum Gasteiger partial charge on any atom is -0.367 e.